The summed E-state index contributed by atoms with van der Waals surface area (Å²) in [6.45, 7) is 7.33. The zero-order chi connectivity index (χ0) is 12.8. The van der Waals surface area contributed by atoms with Crippen LogP contribution in [-0.2, 0) is 6.54 Å². The monoisotopic (exact) mass is 245 g/mol. The SMILES string of the molecule is CC(C)(C)Nc1cnc2c(c1)nnn2CC1CC1. The van der Waals surface area contributed by atoms with Crippen LogP contribution in [-0.4, -0.2) is 25.5 Å². The lowest BCUT2D eigenvalue weighted by Gasteiger charge is -2.21. The van der Waals surface area contributed by atoms with Crippen molar-refractivity contribution in [2.45, 2.75) is 45.7 Å². The van der Waals surface area contributed by atoms with Gasteiger partial charge in [-0.05, 0) is 45.6 Å². The van der Waals surface area contributed by atoms with Crippen molar-refractivity contribution >= 4 is 16.9 Å². The Hall–Kier alpha value is -1.65. The van der Waals surface area contributed by atoms with Gasteiger partial charge < -0.3 is 5.32 Å². The highest BCUT2D eigenvalue weighted by atomic mass is 15.4. The maximum Gasteiger partial charge on any atom is 0.178 e. The van der Waals surface area contributed by atoms with E-state index in [4.69, 9.17) is 0 Å². The van der Waals surface area contributed by atoms with Crippen molar-refractivity contribution < 1.29 is 0 Å². The van der Waals surface area contributed by atoms with Gasteiger partial charge in [0.25, 0.3) is 0 Å². The number of rotatable bonds is 3. The predicted molar refractivity (Wildman–Crippen MR) is 71.4 cm³/mol. The third-order valence-corrected chi connectivity index (χ3v) is 3.00. The normalized spacial score (nSPS) is 16.2. The Morgan fingerprint density at radius 3 is 2.83 bits per heavy atom. The van der Waals surface area contributed by atoms with E-state index in [1.165, 1.54) is 12.8 Å². The van der Waals surface area contributed by atoms with E-state index in [2.05, 4.69) is 41.4 Å². The van der Waals surface area contributed by atoms with E-state index in [1.807, 2.05) is 16.9 Å². The lowest BCUT2D eigenvalue weighted by molar-refractivity contribution is 0.555. The molecule has 0 radical (unpaired) electrons. The average molecular weight is 245 g/mol. The van der Waals surface area contributed by atoms with E-state index in [9.17, 15) is 0 Å². The highest BCUT2D eigenvalue weighted by molar-refractivity contribution is 5.74. The van der Waals surface area contributed by atoms with Gasteiger partial charge in [0, 0.05) is 12.1 Å². The minimum absolute atomic E-state index is 0.0271. The number of aromatic nitrogens is 4. The summed E-state index contributed by atoms with van der Waals surface area (Å²) in [4.78, 5) is 4.48. The average Bonchev–Trinajstić information content (AvgIpc) is 2.98. The highest BCUT2D eigenvalue weighted by Gasteiger charge is 2.23. The molecule has 1 aliphatic rings. The highest BCUT2D eigenvalue weighted by Crippen LogP contribution is 2.31. The van der Waals surface area contributed by atoms with Gasteiger partial charge in [-0.15, -0.1) is 5.10 Å². The Morgan fingerprint density at radius 1 is 1.39 bits per heavy atom. The minimum atomic E-state index is 0.0271. The Labute approximate surface area is 107 Å². The lowest BCUT2D eigenvalue weighted by atomic mass is 10.1. The van der Waals surface area contributed by atoms with Crippen LogP contribution in [0.1, 0.15) is 33.6 Å². The molecule has 96 valence electrons. The fourth-order valence-corrected chi connectivity index (χ4v) is 2.03. The van der Waals surface area contributed by atoms with Crippen molar-refractivity contribution in [3.8, 4) is 0 Å². The first-order chi connectivity index (χ1) is 8.51. The first-order valence-electron chi connectivity index (χ1n) is 6.49. The summed E-state index contributed by atoms with van der Waals surface area (Å²) in [6.07, 6.45) is 4.48. The first kappa shape index (κ1) is 11.4. The van der Waals surface area contributed by atoms with Gasteiger partial charge in [0.1, 0.15) is 5.52 Å². The van der Waals surface area contributed by atoms with Gasteiger partial charge in [0.15, 0.2) is 5.65 Å². The van der Waals surface area contributed by atoms with E-state index >= 15 is 0 Å². The maximum absolute atomic E-state index is 4.48. The van der Waals surface area contributed by atoms with E-state index in [0.717, 1.165) is 29.3 Å². The van der Waals surface area contributed by atoms with Gasteiger partial charge in [0.05, 0.1) is 11.9 Å². The third-order valence-electron chi connectivity index (χ3n) is 3.00. The van der Waals surface area contributed by atoms with Crippen LogP contribution < -0.4 is 5.32 Å². The molecule has 0 unspecified atom stereocenters. The first-order valence-corrected chi connectivity index (χ1v) is 6.49. The molecule has 2 heterocycles. The van der Waals surface area contributed by atoms with Crippen LogP contribution in [0, 0.1) is 5.92 Å². The molecule has 1 aliphatic carbocycles. The Morgan fingerprint density at radius 2 is 2.17 bits per heavy atom. The molecule has 0 bridgehead atoms. The number of hydrogen-bond acceptors (Lipinski definition) is 4. The van der Waals surface area contributed by atoms with E-state index < -0.39 is 0 Å². The van der Waals surface area contributed by atoms with Crippen molar-refractivity contribution in [1.82, 2.24) is 20.0 Å². The molecule has 2 aromatic rings. The molecule has 0 aliphatic heterocycles. The van der Waals surface area contributed by atoms with E-state index in [1.54, 1.807) is 0 Å². The molecule has 0 aromatic carbocycles. The van der Waals surface area contributed by atoms with Gasteiger partial charge in [-0.1, -0.05) is 5.21 Å². The van der Waals surface area contributed by atoms with Gasteiger partial charge in [-0.3, -0.25) is 0 Å². The summed E-state index contributed by atoms with van der Waals surface area (Å²) in [5.74, 6) is 0.782. The molecule has 1 N–H and O–H groups in total. The minimum Gasteiger partial charge on any atom is -0.379 e. The Bertz CT molecular complexity index is 562. The zero-order valence-corrected chi connectivity index (χ0v) is 11.1. The van der Waals surface area contributed by atoms with Gasteiger partial charge in [-0.25, -0.2) is 9.67 Å². The number of nitrogens with zero attached hydrogens (tertiary/aromatic N) is 4. The smallest absolute Gasteiger partial charge is 0.178 e. The molecule has 18 heavy (non-hydrogen) atoms. The fraction of sp³-hybridized carbons (Fsp3) is 0.615. The van der Waals surface area contributed by atoms with Crippen molar-refractivity contribution in [3.63, 3.8) is 0 Å². The third kappa shape index (κ3) is 2.44. The molecule has 5 nitrogen and oxygen atoms in total. The molecular weight excluding hydrogens is 226 g/mol. The van der Waals surface area contributed by atoms with E-state index in [0.29, 0.717) is 0 Å². The molecule has 0 amide bonds. The predicted octanol–water partition coefficient (Wildman–Crippen LogP) is 2.45. The molecule has 0 spiro atoms. The quantitative estimate of drug-likeness (QED) is 0.902. The topological polar surface area (TPSA) is 55.6 Å². The second-order valence-electron chi connectivity index (χ2n) is 6.16. The van der Waals surface area contributed by atoms with Gasteiger partial charge in [-0.2, -0.15) is 0 Å². The number of hydrogen-bond donors (Lipinski definition) is 1. The van der Waals surface area contributed by atoms with Crippen LogP contribution >= 0.6 is 0 Å². The summed E-state index contributed by atoms with van der Waals surface area (Å²) in [5.41, 5.74) is 2.78. The zero-order valence-electron chi connectivity index (χ0n) is 11.1. The lowest BCUT2D eigenvalue weighted by Crippen LogP contribution is -2.26. The second-order valence-corrected chi connectivity index (χ2v) is 6.16. The molecule has 1 saturated carbocycles. The van der Waals surface area contributed by atoms with Crippen LogP contribution in [0.5, 0.6) is 0 Å². The number of anilines is 1. The van der Waals surface area contributed by atoms with Gasteiger partial charge in [0.2, 0.25) is 0 Å². The summed E-state index contributed by atoms with van der Waals surface area (Å²) in [6, 6.07) is 2.02. The summed E-state index contributed by atoms with van der Waals surface area (Å²) in [7, 11) is 0. The molecule has 0 atom stereocenters. The molecule has 0 saturated heterocycles. The summed E-state index contributed by atoms with van der Waals surface area (Å²) < 4.78 is 1.92. The largest absolute Gasteiger partial charge is 0.379 e. The standard InChI is InChI=1S/C13H19N5/c1-13(2,3)15-10-6-11-12(14-7-10)18(17-16-11)8-9-4-5-9/h6-7,9,15H,4-5,8H2,1-3H3. The van der Waals surface area contributed by atoms with Crippen LogP contribution in [0.15, 0.2) is 12.3 Å². The molecule has 5 heteroatoms. The maximum atomic E-state index is 4.48. The van der Waals surface area contributed by atoms with Crippen molar-refractivity contribution in [2.24, 2.45) is 5.92 Å². The molecule has 2 aromatic heterocycles. The fourth-order valence-electron chi connectivity index (χ4n) is 2.03. The Balaban J connectivity index is 1.88. The summed E-state index contributed by atoms with van der Waals surface area (Å²) >= 11 is 0. The molecule has 3 rings (SSSR count). The molecule has 1 fully saturated rings. The Kier molecular flexibility index (Phi) is 2.50. The number of fused-ring (bicyclic) bond motifs is 1. The van der Waals surface area contributed by atoms with Crippen molar-refractivity contribution in [2.75, 3.05) is 5.32 Å². The second kappa shape index (κ2) is 3.93. The van der Waals surface area contributed by atoms with Crippen molar-refractivity contribution in [3.05, 3.63) is 12.3 Å². The number of nitrogens with one attached hydrogen (secondary N) is 1. The molecular formula is C13H19N5. The summed E-state index contributed by atoms with van der Waals surface area (Å²) in [5, 5.41) is 11.8. The number of pyridine rings is 1. The van der Waals surface area contributed by atoms with Crippen LogP contribution in [0.4, 0.5) is 5.69 Å². The van der Waals surface area contributed by atoms with Crippen LogP contribution in [0.2, 0.25) is 0 Å². The van der Waals surface area contributed by atoms with Crippen molar-refractivity contribution in [1.29, 1.82) is 0 Å². The van der Waals surface area contributed by atoms with Crippen LogP contribution in [0.25, 0.3) is 11.2 Å². The van der Waals surface area contributed by atoms with Crippen LogP contribution in [0.3, 0.4) is 0 Å². The van der Waals surface area contributed by atoms with Gasteiger partial charge >= 0.3 is 0 Å². The van der Waals surface area contributed by atoms with E-state index in [-0.39, 0.29) is 5.54 Å².